The maximum atomic E-state index is 13.3. The quantitative estimate of drug-likeness (QED) is 0.570. The van der Waals surface area contributed by atoms with E-state index in [-0.39, 0.29) is 30.3 Å². The molecule has 0 fully saturated rings. The lowest BCUT2D eigenvalue weighted by Gasteiger charge is -2.11. The van der Waals surface area contributed by atoms with Crippen LogP contribution in [-0.4, -0.2) is 25.2 Å². The summed E-state index contributed by atoms with van der Waals surface area (Å²) in [5.74, 6) is -1.80. The minimum absolute atomic E-state index is 0.0289. The molecule has 116 valence electrons. The number of carbonyl (C=O) groups is 2. The molecule has 0 spiro atoms. The zero-order valence-electron chi connectivity index (χ0n) is 12.6. The van der Waals surface area contributed by atoms with Crippen LogP contribution in [0.1, 0.15) is 54.3 Å². The third-order valence-electron chi connectivity index (χ3n) is 2.70. The maximum absolute atomic E-state index is 13.3. The van der Waals surface area contributed by atoms with E-state index in [9.17, 15) is 14.0 Å². The molecule has 1 aromatic carbocycles. The normalized spacial score (nSPS) is 10.5. The lowest BCUT2D eigenvalue weighted by atomic mass is 10.1. The van der Waals surface area contributed by atoms with Gasteiger partial charge in [-0.25, -0.2) is 14.0 Å². The van der Waals surface area contributed by atoms with Gasteiger partial charge in [0.05, 0.1) is 24.3 Å². The van der Waals surface area contributed by atoms with Crippen molar-refractivity contribution in [1.82, 2.24) is 0 Å². The van der Waals surface area contributed by atoms with Gasteiger partial charge in [0.15, 0.2) is 0 Å². The Morgan fingerprint density at radius 3 is 2.43 bits per heavy atom. The van der Waals surface area contributed by atoms with Gasteiger partial charge in [-0.05, 0) is 30.5 Å². The summed E-state index contributed by atoms with van der Waals surface area (Å²) in [4.78, 5) is 23.9. The van der Waals surface area contributed by atoms with Crippen LogP contribution in [0.25, 0.3) is 0 Å². The van der Waals surface area contributed by atoms with Gasteiger partial charge in [-0.15, -0.1) is 0 Å². The Morgan fingerprint density at radius 2 is 1.81 bits per heavy atom. The number of rotatable bonds is 7. The number of unbranched alkanes of at least 4 members (excludes halogenated alkanes) is 1. The number of hydrogen-bond acceptors (Lipinski definition) is 4. The van der Waals surface area contributed by atoms with Crippen LogP contribution >= 0.6 is 0 Å². The minimum Gasteiger partial charge on any atom is -0.462 e. The van der Waals surface area contributed by atoms with E-state index >= 15 is 0 Å². The Kier molecular flexibility index (Phi) is 6.85. The van der Waals surface area contributed by atoms with E-state index in [1.165, 1.54) is 6.07 Å². The van der Waals surface area contributed by atoms with E-state index in [0.717, 1.165) is 25.0 Å². The van der Waals surface area contributed by atoms with Crippen molar-refractivity contribution in [3.8, 4) is 0 Å². The van der Waals surface area contributed by atoms with Crippen LogP contribution in [0, 0.1) is 11.7 Å². The van der Waals surface area contributed by atoms with Gasteiger partial charge in [-0.1, -0.05) is 27.2 Å². The van der Waals surface area contributed by atoms with Gasteiger partial charge in [0.25, 0.3) is 0 Å². The molecule has 5 heteroatoms. The highest BCUT2D eigenvalue weighted by Gasteiger charge is 2.20. The van der Waals surface area contributed by atoms with Gasteiger partial charge in [0, 0.05) is 0 Å². The fourth-order valence-corrected chi connectivity index (χ4v) is 1.57. The summed E-state index contributed by atoms with van der Waals surface area (Å²) in [6.07, 6.45) is 1.63. The van der Waals surface area contributed by atoms with E-state index in [2.05, 4.69) is 0 Å². The summed E-state index contributed by atoms with van der Waals surface area (Å²) >= 11 is 0. The Balaban J connectivity index is 2.88. The summed E-state index contributed by atoms with van der Waals surface area (Å²) < 4.78 is 23.4. The Bertz CT molecular complexity index is 497. The number of carbonyl (C=O) groups excluding carboxylic acids is 2. The highest BCUT2D eigenvalue weighted by Crippen LogP contribution is 2.15. The third kappa shape index (κ3) is 5.53. The molecule has 0 heterocycles. The molecule has 0 aliphatic carbocycles. The van der Waals surface area contributed by atoms with E-state index in [0.29, 0.717) is 0 Å². The number of halogens is 1. The van der Waals surface area contributed by atoms with Gasteiger partial charge in [-0.2, -0.15) is 0 Å². The van der Waals surface area contributed by atoms with Crippen molar-refractivity contribution in [2.24, 2.45) is 5.92 Å². The predicted molar refractivity (Wildman–Crippen MR) is 76.7 cm³/mol. The van der Waals surface area contributed by atoms with Crippen molar-refractivity contribution in [2.75, 3.05) is 13.2 Å². The highest BCUT2D eigenvalue weighted by atomic mass is 19.1. The average Bonchev–Trinajstić information content (AvgIpc) is 2.44. The molecular weight excluding hydrogens is 275 g/mol. The molecule has 1 aromatic rings. The van der Waals surface area contributed by atoms with Gasteiger partial charge in [-0.3, -0.25) is 0 Å². The van der Waals surface area contributed by atoms with Crippen molar-refractivity contribution >= 4 is 11.9 Å². The fourth-order valence-electron chi connectivity index (χ4n) is 1.57. The largest absolute Gasteiger partial charge is 0.462 e. The third-order valence-corrected chi connectivity index (χ3v) is 2.70. The SMILES string of the molecule is CCCCOC(=O)c1ccc(F)cc1C(=O)OCC(C)C. The first-order valence-electron chi connectivity index (χ1n) is 7.09. The molecule has 0 aliphatic rings. The van der Waals surface area contributed by atoms with Crippen LogP contribution < -0.4 is 0 Å². The van der Waals surface area contributed by atoms with Crippen molar-refractivity contribution in [3.63, 3.8) is 0 Å². The summed E-state index contributed by atoms with van der Waals surface area (Å²) in [6, 6.07) is 3.37. The van der Waals surface area contributed by atoms with Crippen molar-refractivity contribution in [3.05, 3.63) is 35.1 Å². The topological polar surface area (TPSA) is 52.6 Å². The lowest BCUT2D eigenvalue weighted by molar-refractivity contribution is 0.0427. The van der Waals surface area contributed by atoms with Gasteiger partial charge < -0.3 is 9.47 Å². The second-order valence-corrected chi connectivity index (χ2v) is 5.17. The average molecular weight is 296 g/mol. The van der Waals surface area contributed by atoms with Crippen LogP contribution in [-0.2, 0) is 9.47 Å². The second-order valence-electron chi connectivity index (χ2n) is 5.17. The maximum Gasteiger partial charge on any atom is 0.339 e. The van der Waals surface area contributed by atoms with E-state index < -0.39 is 17.8 Å². The fraction of sp³-hybridized carbons (Fsp3) is 0.500. The zero-order chi connectivity index (χ0) is 15.8. The predicted octanol–water partition coefficient (Wildman–Crippen LogP) is 3.60. The minimum atomic E-state index is -0.717. The molecule has 0 aliphatic heterocycles. The first-order valence-corrected chi connectivity index (χ1v) is 7.09. The molecule has 0 radical (unpaired) electrons. The molecule has 0 N–H and O–H groups in total. The smallest absolute Gasteiger partial charge is 0.339 e. The number of ether oxygens (including phenoxy) is 2. The summed E-state index contributed by atoms with van der Waals surface area (Å²) in [6.45, 7) is 6.23. The Morgan fingerprint density at radius 1 is 1.14 bits per heavy atom. The van der Waals surface area contributed by atoms with Crippen LogP contribution in [0.2, 0.25) is 0 Å². The first-order chi connectivity index (χ1) is 9.95. The molecule has 0 bridgehead atoms. The first kappa shape index (κ1) is 17.1. The standard InChI is InChI=1S/C16H21FO4/c1-4-5-8-20-15(18)13-7-6-12(17)9-14(13)16(19)21-10-11(2)3/h6-7,9,11H,4-5,8,10H2,1-3H3. The molecule has 0 atom stereocenters. The second kappa shape index (κ2) is 8.39. The van der Waals surface area contributed by atoms with Gasteiger partial charge >= 0.3 is 11.9 Å². The monoisotopic (exact) mass is 296 g/mol. The molecule has 1 rings (SSSR count). The molecular formula is C16H21FO4. The van der Waals surface area contributed by atoms with Crippen molar-refractivity contribution in [1.29, 1.82) is 0 Å². The molecule has 21 heavy (non-hydrogen) atoms. The van der Waals surface area contributed by atoms with E-state index in [4.69, 9.17) is 9.47 Å². The lowest BCUT2D eigenvalue weighted by Crippen LogP contribution is -2.16. The molecule has 0 unspecified atom stereocenters. The van der Waals surface area contributed by atoms with Crippen LogP contribution in [0.5, 0.6) is 0 Å². The van der Waals surface area contributed by atoms with Crippen LogP contribution in [0.4, 0.5) is 4.39 Å². The molecule has 4 nitrogen and oxygen atoms in total. The number of hydrogen-bond donors (Lipinski definition) is 0. The Hall–Kier alpha value is -1.91. The number of esters is 2. The van der Waals surface area contributed by atoms with Crippen molar-refractivity contribution < 1.29 is 23.5 Å². The number of benzene rings is 1. The summed E-state index contributed by atoms with van der Waals surface area (Å²) in [7, 11) is 0. The summed E-state index contributed by atoms with van der Waals surface area (Å²) in [5, 5.41) is 0. The van der Waals surface area contributed by atoms with Crippen LogP contribution in [0.3, 0.4) is 0 Å². The molecule has 0 saturated heterocycles. The molecule has 0 amide bonds. The summed E-state index contributed by atoms with van der Waals surface area (Å²) in [5.41, 5.74) is -0.0709. The van der Waals surface area contributed by atoms with E-state index in [1.807, 2.05) is 20.8 Å². The Labute approximate surface area is 124 Å². The zero-order valence-corrected chi connectivity index (χ0v) is 12.6. The van der Waals surface area contributed by atoms with Gasteiger partial charge in [0.2, 0.25) is 0 Å². The molecule has 0 saturated carbocycles. The van der Waals surface area contributed by atoms with Crippen LogP contribution in [0.15, 0.2) is 18.2 Å². The molecule has 0 aromatic heterocycles. The highest BCUT2D eigenvalue weighted by molar-refractivity contribution is 6.03. The van der Waals surface area contributed by atoms with Crippen molar-refractivity contribution in [2.45, 2.75) is 33.6 Å². The van der Waals surface area contributed by atoms with Gasteiger partial charge in [0.1, 0.15) is 5.82 Å². The van der Waals surface area contributed by atoms with E-state index in [1.54, 1.807) is 0 Å².